The van der Waals surface area contributed by atoms with E-state index < -0.39 is 11.3 Å². The first-order valence-corrected chi connectivity index (χ1v) is 5.46. The largest absolute Gasteiger partial charge is 0.369 e. The highest BCUT2D eigenvalue weighted by atomic mass is 16.2. The van der Waals surface area contributed by atoms with Gasteiger partial charge in [-0.1, -0.05) is 0 Å². The van der Waals surface area contributed by atoms with E-state index in [4.69, 9.17) is 5.73 Å². The Balaban J connectivity index is 2.65. The zero-order valence-electron chi connectivity index (χ0n) is 10.7. The summed E-state index contributed by atoms with van der Waals surface area (Å²) >= 11 is 0. The fourth-order valence-electron chi connectivity index (χ4n) is 1.07. The van der Waals surface area contributed by atoms with E-state index in [1.54, 1.807) is 26.0 Å². The molecule has 1 aromatic heterocycles. The van der Waals surface area contributed by atoms with Crippen LogP contribution in [0.5, 0.6) is 0 Å². The maximum Gasteiger partial charge on any atom is 0.271 e. The molecule has 2 amide bonds. The molecule has 0 spiro atoms. The molecule has 0 aromatic carbocycles. The van der Waals surface area contributed by atoms with Crippen molar-refractivity contribution >= 4 is 17.6 Å². The minimum Gasteiger partial charge on any atom is -0.369 e. The van der Waals surface area contributed by atoms with Gasteiger partial charge in [-0.05, 0) is 26.0 Å². The van der Waals surface area contributed by atoms with Gasteiger partial charge in [-0.25, -0.2) is 0 Å². The Labute approximate surface area is 105 Å². The van der Waals surface area contributed by atoms with E-state index in [0.29, 0.717) is 12.4 Å². The molecule has 0 fully saturated rings. The predicted molar refractivity (Wildman–Crippen MR) is 66.9 cm³/mol. The molecular weight excluding hydrogens is 234 g/mol. The summed E-state index contributed by atoms with van der Waals surface area (Å²) in [5.41, 5.74) is 4.80. The van der Waals surface area contributed by atoms with Gasteiger partial charge in [-0.15, -0.1) is 10.2 Å². The lowest BCUT2D eigenvalue weighted by Gasteiger charge is -2.20. The molecule has 0 bridgehead atoms. The number of anilines is 1. The summed E-state index contributed by atoms with van der Waals surface area (Å²) in [6, 6.07) is 3.17. The van der Waals surface area contributed by atoms with Crippen LogP contribution < -0.4 is 16.4 Å². The van der Waals surface area contributed by atoms with Crippen LogP contribution in [-0.2, 0) is 4.79 Å². The van der Waals surface area contributed by atoms with E-state index in [9.17, 15) is 9.59 Å². The third-order valence-electron chi connectivity index (χ3n) is 2.50. The Morgan fingerprint density at radius 3 is 2.44 bits per heavy atom. The SMILES string of the molecule is CNC(=O)c1ccc(NCC(C)(C)C(N)=O)nn1. The molecule has 98 valence electrons. The average molecular weight is 251 g/mol. The molecular formula is C11H17N5O2. The lowest BCUT2D eigenvalue weighted by molar-refractivity contribution is -0.125. The normalized spacial score (nSPS) is 10.8. The van der Waals surface area contributed by atoms with Crippen molar-refractivity contribution in [1.82, 2.24) is 15.5 Å². The van der Waals surface area contributed by atoms with Crippen molar-refractivity contribution < 1.29 is 9.59 Å². The minimum atomic E-state index is -0.679. The van der Waals surface area contributed by atoms with Crippen LogP contribution in [0.25, 0.3) is 0 Å². The average Bonchev–Trinajstić information content (AvgIpc) is 2.36. The predicted octanol–water partition coefficient (Wildman–Crippen LogP) is -0.240. The second-order valence-corrected chi connectivity index (χ2v) is 4.48. The van der Waals surface area contributed by atoms with Crippen LogP contribution in [-0.4, -0.2) is 35.6 Å². The Bertz CT molecular complexity index is 441. The fourth-order valence-corrected chi connectivity index (χ4v) is 1.07. The summed E-state index contributed by atoms with van der Waals surface area (Å²) in [6.45, 7) is 3.81. The number of aromatic nitrogens is 2. The van der Waals surface area contributed by atoms with Crippen LogP contribution in [0.2, 0.25) is 0 Å². The van der Waals surface area contributed by atoms with E-state index in [1.165, 1.54) is 7.05 Å². The summed E-state index contributed by atoms with van der Waals surface area (Å²) in [5, 5.41) is 13.0. The Morgan fingerprint density at radius 2 is 2.00 bits per heavy atom. The number of nitrogens with two attached hydrogens (primary N) is 1. The topological polar surface area (TPSA) is 110 Å². The van der Waals surface area contributed by atoms with E-state index in [2.05, 4.69) is 20.8 Å². The smallest absolute Gasteiger partial charge is 0.271 e. The first kappa shape index (κ1) is 13.9. The molecule has 0 aliphatic heterocycles. The number of hydrogen-bond acceptors (Lipinski definition) is 5. The summed E-state index contributed by atoms with van der Waals surface area (Å²) in [5.74, 6) is -0.214. The van der Waals surface area contributed by atoms with E-state index in [1.807, 2.05) is 0 Å². The van der Waals surface area contributed by atoms with Crippen LogP contribution in [0, 0.1) is 5.41 Å². The molecule has 1 heterocycles. The third-order valence-corrected chi connectivity index (χ3v) is 2.50. The molecule has 7 nitrogen and oxygen atoms in total. The van der Waals surface area contributed by atoms with Crippen molar-refractivity contribution in [2.24, 2.45) is 11.1 Å². The number of hydrogen-bond donors (Lipinski definition) is 3. The van der Waals surface area contributed by atoms with E-state index >= 15 is 0 Å². The number of carbonyl (C=O) groups excluding carboxylic acids is 2. The Hall–Kier alpha value is -2.18. The maximum atomic E-state index is 11.2. The number of carbonyl (C=O) groups is 2. The highest BCUT2D eigenvalue weighted by Gasteiger charge is 2.24. The van der Waals surface area contributed by atoms with Crippen molar-refractivity contribution in [1.29, 1.82) is 0 Å². The van der Waals surface area contributed by atoms with Crippen LogP contribution in [0.15, 0.2) is 12.1 Å². The van der Waals surface area contributed by atoms with Gasteiger partial charge in [-0.3, -0.25) is 9.59 Å². The van der Waals surface area contributed by atoms with Crippen molar-refractivity contribution in [3.63, 3.8) is 0 Å². The molecule has 4 N–H and O–H groups in total. The lowest BCUT2D eigenvalue weighted by atomic mass is 9.93. The number of primary amides is 1. The quantitative estimate of drug-likeness (QED) is 0.669. The molecule has 0 saturated carbocycles. The molecule has 0 aliphatic rings. The van der Waals surface area contributed by atoms with Gasteiger partial charge in [0.1, 0.15) is 5.82 Å². The monoisotopic (exact) mass is 251 g/mol. The zero-order chi connectivity index (χ0) is 13.8. The summed E-state index contributed by atoms with van der Waals surface area (Å²) in [7, 11) is 1.52. The molecule has 18 heavy (non-hydrogen) atoms. The van der Waals surface area contributed by atoms with Crippen LogP contribution in [0.3, 0.4) is 0 Å². The van der Waals surface area contributed by atoms with Gasteiger partial charge in [0.15, 0.2) is 5.69 Å². The number of amides is 2. The molecule has 1 aromatic rings. The van der Waals surface area contributed by atoms with Crippen LogP contribution >= 0.6 is 0 Å². The van der Waals surface area contributed by atoms with Gasteiger partial charge in [0, 0.05) is 13.6 Å². The third kappa shape index (κ3) is 3.41. The molecule has 0 saturated heterocycles. The van der Waals surface area contributed by atoms with Gasteiger partial charge in [0.05, 0.1) is 5.41 Å². The first-order chi connectivity index (χ1) is 8.36. The van der Waals surface area contributed by atoms with Gasteiger partial charge in [0.25, 0.3) is 5.91 Å². The zero-order valence-corrected chi connectivity index (χ0v) is 10.7. The molecule has 7 heteroatoms. The lowest BCUT2D eigenvalue weighted by Crippen LogP contribution is -2.37. The number of nitrogens with one attached hydrogen (secondary N) is 2. The first-order valence-electron chi connectivity index (χ1n) is 5.46. The number of nitrogens with zero attached hydrogens (tertiary/aromatic N) is 2. The summed E-state index contributed by atoms with van der Waals surface area (Å²) in [6.07, 6.45) is 0. The molecule has 0 unspecified atom stereocenters. The van der Waals surface area contributed by atoms with Crippen LogP contribution in [0.4, 0.5) is 5.82 Å². The van der Waals surface area contributed by atoms with Crippen molar-refractivity contribution in [3.05, 3.63) is 17.8 Å². The van der Waals surface area contributed by atoms with Gasteiger partial charge in [-0.2, -0.15) is 0 Å². The van der Waals surface area contributed by atoms with Crippen molar-refractivity contribution in [2.75, 3.05) is 18.9 Å². The van der Waals surface area contributed by atoms with Gasteiger partial charge < -0.3 is 16.4 Å². The molecule has 1 rings (SSSR count). The Morgan fingerprint density at radius 1 is 1.33 bits per heavy atom. The fraction of sp³-hybridized carbons (Fsp3) is 0.455. The molecule has 0 aliphatic carbocycles. The van der Waals surface area contributed by atoms with Gasteiger partial charge in [0.2, 0.25) is 5.91 Å². The van der Waals surface area contributed by atoms with Crippen LogP contribution in [0.1, 0.15) is 24.3 Å². The van der Waals surface area contributed by atoms with E-state index in [0.717, 1.165) is 0 Å². The van der Waals surface area contributed by atoms with E-state index in [-0.39, 0.29) is 11.6 Å². The second kappa shape index (κ2) is 5.44. The second-order valence-electron chi connectivity index (χ2n) is 4.48. The van der Waals surface area contributed by atoms with Crippen molar-refractivity contribution in [2.45, 2.75) is 13.8 Å². The van der Waals surface area contributed by atoms with Crippen molar-refractivity contribution in [3.8, 4) is 0 Å². The highest BCUT2D eigenvalue weighted by Crippen LogP contribution is 2.14. The Kier molecular flexibility index (Phi) is 4.19. The maximum absolute atomic E-state index is 11.2. The standard InChI is InChI=1S/C11H17N5O2/c1-11(2,10(12)18)6-14-8-5-4-7(15-16-8)9(17)13-3/h4-5H,6H2,1-3H3,(H2,12,18)(H,13,17)(H,14,16). The number of rotatable bonds is 5. The highest BCUT2D eigenvalue weighted by molar-refractivity contribution is 5.91. The minimum absolute atomic E-state index is 0.234. The summed E-state index contributed by atoms with van der Waals surface area (Å²) < 4.78 is 0. The molecule has 0 radical (unpaired) electrons. The van der Waals surface area contributed by atoms with Gasteiger partial charge >= 0.3 is 0 Å². The summed E-state index contributed by atoms with van der Waals surface area (Å²) in [4.78, 5) is 22.4. The molecule has 0 atom stereocenters.